The van der Waals surface area contributed by atoms with Gasteiger partial charge < -0.3 is 4.57 Å². The van der Waals surface area contributed by atoms with Crippen LogP contribution in [0.4, 0.5) is 0 Å². The van der Waals surface area contributed by atoms with Gasteiger partial charge in [0.25, 0.3) is 5.56 Å². The molecule has 118 valence electrons. The molecule has 2 rings (SSSR count). The highest BCUT2D eigenvalue weighted by atomic mass is 32.2. The van der Waals surface area contributed by atoms with Gasteiger partial charge in [0.15, 0.2) is 27.2 Å². The lowest BCUT2D eigenvalue weighted by Crippen LogP contribution is -2.39. The van der Waals surface area contributed by atoms with Gasteiger partial charge >= 0.3 is 0 Å². The van der Waals surface area contributed by atoms with Gasteiger partial charge in [-0.1, -0.05) is 0 Å². The van der Waals surface area contributed by atoms with Crippen LogP contribution in [0.25, 0.3) is 0 Å². The lowest BCUT2D eigenvalue weighted by atomic mass is 9.82. The molecule has 1 fully saturated rings. The first-order chi connectivity index (χ1) is 10.1. The standard InChI is InChI=1S/C14H15NO6S/c1-15-11(22(2,20)21)7-6-8(14(15)19)13(18)12-9(16)4-3-5-10(12)17/h6-7,12H,3-5H2,1-2H3. The van der Waals surface area contributed by atoms with Crippen LogP contribution in [0.3, 0.4) is 0 Å². The number of hydrogen-bond acceptors (Lipinski definition) is 6. The zero-order valence-corrected chi connectivity index (χ0v) is 13.0. The molecule has 0 amide bonds. The molecule has 0 aromatic carbocycles. The summed E-state index contributed by atoms with van der Waals surface area (Å²) in [5, 5.41) is -0.240. The van der Waals surface area contributed by atoms with Gasteiger partial charge in [-0.3, -0.25) is 19.2 Å². The molecule has 0 radical (unpaired) electrons. The minimum absolute atomic E-state index is 0.129. The number of pyridine rings is 1. The first kappa shape index (κ1) is 16.3. The fraction of sp³-hybridized carbons (Fsp3) is 0.429. The van der Waals surface area contributed by atoms with Crippen LogP contribution < -0.4 is 5.56 Å². The summed E-state index contributed by atoms with van der Waals surface area (Å²) in [6.45, 7) is 0. The van der Waals surface area contributed by atoms with Gasteiger partial charge in [-0.25, -0.2) is 8.42 Å². The monoisotopic (exact) mass is 325 g/mol. The molecule has 1 aliphatic carbocycles. The molecule has 1 aromatic rings. The van der Waals surface area contributed by atoms with Crippen LogP contribution in [0.5, 0.6) is 0 Å². The Morgan fingerprint density at radius 2 is 1.68 bits per heavy atom. The van der Waals surface area contributed by atoms with Crippen molar-refractivity contribution in [1.29, 1.82) is 0 Å². The van der Waals surface area contributed by atoms with Crippen molar-refractivity contribution in [3.63, 3.8) is 0 Å². The van der Waals surface area contributed by atoms with Crippen LogP contribution >= 0.6 is 0 Å². The number of nitrogens with zero attached hydrogens (tertiary/aromatic N) is 1. The van der Waals surface area contributed by atoms with E-state index in [-0.39, 0.29) is 23.4 Å². The number of carbonyl (C=O) groups excluding carboxylic acids is 3. The molecule has 0 bridgehead atoms. The van der Waals surface area contributed by atoms with Crippen LogP contribution in [-0.2, 0) is 26.5 Å². The first-order valence-electron chi connectivity index (χ1n) is 6.64. The fourth-order valence-electron chi connectivity index (χ4n) is 2.53. The van der Waals surface area contributed by atoms with E-state index in [1.807, 2.05) is 0 Å². The number of aromatic nitrogens is 1. The molecule has 0 N–H and O–H groups in total. The molecule has 1 aliphatic rings. The van der Waals surface area contributed by atoms with Crippen LogP contribution in [0, 0.1) is 5.92 Å². The number of sulfone groups is 1. The zero-order chi connectivity index (χ0) is 16.7. The van der Waals surface area contributed by atoms with Gasteiger partial charge in [0.1, 0.15) is 10.9 Å². The van der Waals surface area contributed by atoms with E-state index in [1.54, 1.807) is 0 Å². The highest BCUT2D eigenvalue weighted by Crippen LogP contribution is 2.21. The zero-order valence-electron chi connectivity index (χ0n) is 12.2. The Hall–Kier alpha value is -2.09. The lowest BCUT2D eigenvalue weighted by Gasteiger charge is -2.18. The van der Waals surface area contributed by atoms with Gasteiger partial charge in [-0.2, -0.15) is 0 Å². The van der Waals surface area contributed by atoms with Crippen LogP contribution in [-0.4, -0.2) is 36.6 Å². The molecule has 0 unspecified atom stereocenters. The molecule has 0 aliphatic heterocycles. The SMILES string of the molecule is Cn1c(S(C)(=O)=O)ccc(C(=O)C2C(=O)CCCC2=O)c1=O. The maximum absolute atomic E-state index is 12.4. The summed E-state index contributed by atoms with van der Waals surface area (Å²) in [4.78, 5) is 48.1. The number of rotatable bonds is 3. The van der Waals surface area contributed by atoms with Gasteiger partial charge in [0.2, 0.25) is 0 Å². The van der Waals surface area contributed by atoms with E-state index in [0.29, 0.717) is 6.42 Å². The molecule has 0 saturated heterocycles. The largest absolute Gasteiger partial charge is 0.302 e. The molecule has 7 nitrogen and oxygen atoms in total. The Kier molecular flexibility index (Phi) is 4.15. The number of carbonyl (C=O) groups is 3. The van der Waals surface area contributed by atoms with E-state index < -0.39 is 38.7 Å². The molecule has 1 aromatic heterocycles. The van der Waals surface area contributed by atoms with E-state index in [1.165, 1.54) is 7.05 Å². The van der Waals surface area contributed by atoms with Gasteiger partial charge in [-0.15, -0.1) is 0 Å². The van der Waals surface area contributed by atoms with Crippen LogP contribution in [0.1, 0.15) is 29.6 Å². The summed E-state index contributed by atoms with van der Waals surface area (Å²) in [5.41, 5.74) is -1.18. The minimum atomic E-state index is -3.63. The van der Waals surface area contributed by atoms with E-state index in [0.717, 1.165) is 23.0 Å². The summed E-state index contributed by atoms with van der Waals surface area (Å²) < 4.78 is 23.9. The third-order valence-corrected chi connectivity index (χ3v) is 4.83. The fourth-order valence-corrected chi connectivity index (χ4v) is 3.43. The highest BCUT2D eigenvalue weighted by molar-refractivity contribution is 7.90. The van der Waals surface area contributed by atoms with Crippen LogP contribution in [0.2, 0.25) is 0 Å². The van der Waals surface area contributed by atoms with Gasteiger partial charge in [0.05, 0.1) is 5.56 Å². The molecular weight excluding hydrogens is 310 g/mol. The van der Waals surface area contributed by atoms with E-state index >= 15 is 0 Å². The van der Waals surface area contributed by atoms with Crippen molar-refractivity contribution in [2.24, 2.45) is 13.0 Å². The third kappa shape index (κ3) is 2.78. The number of hydrogen-bond donors (Lipinski definition) is 0. The maximum atomic E-state index is 12.4. The Balaban J connectivity index is 2.52. The second-order valence-corrected chi connectivity index (χ2v) is 7.27. The molecule has 0 atom stereocenters. The van der Waals surface area contributed by atoms with Crippen molar-refractivity contribution in [2.75, 3.05) is 6.26 Å². The number of ketones is 3. The lowest BCUT2D eigenvalue weighted by molar-refractivity contribution is -0.133. The molecule has 22 heavy (non-hydrogen) atoms. The molecule has 1 heterocycles. The van der Waals surface area contributed by atoms with Crippen LogP contribution in [0.15, 0.2) is 22.0 Å². The van der Waals surface area contributed by atoms with Gasteiger partial charge in [0, 0.05) is 26.1 Å². The Labute approximate surface area is 126 Å². The summed E-state index contributed by atoms with van der Waals surface area (Å²) in [7, 11) is -2.40. The summed E-state index contributed by atoms with van der Waals surface area (Å²) >= 11 is 0. The predicted molar refractivity (Wildman–Crippen MR) is 76.5 cm³/mol. The summed E-state index contributed by atoms with van der Waals surface area (Å²) in [5.74, 6) is -3.27. The van der Waals surface area contributed by atoms with Crippen molar-refractivity contribution in [1.82, 2.24) is 4.57 Å². The second kappa shape index (κ2) is 5.60. The smallest absolute Gasteiger partial charge is 0.262 e. The van der Waals surface area contributed by atoms with E-state index in [9.17, 15) is 27.6 Å². The highest BCUT2D eigenvalue weighted by Gasteiger charge is 2.37. The normalized spacial score (nSPS) is 16.8. The summed E-state index contributed by atoms with van der Waals surface area (Å²) in [6.07, 6.45) is 1.61. The van der Waals surface area contributed by atoms with E-state index in [4.69, 9.17) is 0 Å². The third-order valence-electron chi connectivity index (χ3n) is 3.66. The van der Waals surface area contributed by atoms with Crippen molar-refractivity contribution in [3.05, 3.63) is 28.0 Å². The average molecular weight is 325 g/mol. The summed E-state index contributed by atoms with van der Waals surface area (Å²) in [6, 6.07) is 2.19. The Morgan fingerprint density at radius 1 is 1.14 bits per heavy atom. The van der Waals surface area contributed by atoms with Crippen molar-refractivity contribution >= 4 is 27.2 Å². The first-order valence-corrected chi connectivity index (χ1v) is 8.53. The quantitative estimate of drug-likeness (QED) is 0.568. The Morgan fingerprint density at radius 3 is 2.18 bits per heavy atom. The van der Waals surface area contributed by atoms with Crippen molar-refractivity contribution in [2.45, 2.75) is 24.3 Å². The minimum Gasteiger partial charge on any atom is -0.302 e. The van der Waals surface area contributed by atoms with Gasteiger partial charge in [-0.05, 0) is 18.6 Å². The second-order valence-electron chi connectivity index (χ2n) is 5.31. The number of Topliss-reactive ketones (excluding diaryl/α,β-unsaturated/α-hetero) is 3. The van der Waals surface area contributed by atoms with E-state index in [2.05, 4.69) is 0 Å². The average Bonchev–Trinajstić information content (AvgIpc) is 2.40. The van der Waals surface area contributed by atoms with Crippen molar-refractivity contribution in [3.8, 4) is 0 Å². The Bertz CT molecular complexity index is 817. The molecule has 8 heteroatoms. The predicted octanol–water partition coefficient (Wildman–Crippen LogP) is -0.0902. The van der Waals surface area contributed by atoms with Crippen molar-refractivity contribution < 1.29 is 22.8 Å². The molecular formula is C14H15NO6S. The topological polar surface area (TPSA) is 107 Å². The molecule has 1 saturated carbocycles. The maximum Gasteiger partial charge on any atom is 0.262 e. The molecule has 0 spiro atoms.